The van der Waals surface area contributed by atoms with Gasteiger partial charge in [-0.05, 0) is 24.1 Å². The van der Waals surface area contributed by atoms with Crippen LogP contribution in [0.2, 0.25) is 0 Å². The number of anilines is 2. The Labute approximate surface area is 184 Å². The number of halogens is 2. The van der Waals surface area contributed by atoms with Crippen LogP contribution in [0.25, 0.3) is 22.6 Å². The van der Waals surface area contributed by atoms with E-state index in [1.165, 1.54) is 6.07 Å². The Bertz CT molecular complexity index is 1230. The van der Waals surface area contributed by atoms with E-state index >= 15 is 0 Å². The number of nitrogens with zero attached hydrogens (tertiary/aromatic N) is 3. The van der Waals surface area contributed by atoms with Gasteiger partial charge in [0.15, 0.2) is 5.82 Å². The molecule has 0 radical (unpaired) electrons. The Balaban J connectivity index is 1.41. The molecule has 0 bridgehead atoms. The molecule has 2 aromatic carbocycles. The summed E-state index contributed by atoms with van der Waals surface area (Å²) in [6.07, 6.45) is -0.0317. The van der Waals surface area contributed by atoms with Gasteiger partial charge in [-0.3, -0.25) is 4.98 Å². The third kappa shape index (κ3) is 4.01. The molecule has 4 aromatic rings. The first kappa shape index (κ1) is 20.1. The topological polar surface area (TPSA) is 62.7 Å². The smallest absolute Gasteiger partial charge is 0.264 e. The molecule has 7 heteroatoms. The van der Waals surface area contributed by atoms with E-state index in [1.807, 2.05) is 42.5 Å². The molecule has 0 fully saturated rings. The summed E-state index contributed by atoms with van der Waals surface area (Å²) in [6, 6.07) is 20.4. The monoisotopic (exact) mass is 429 g/mol. The molecule has 160 valence electrons. The highest BCUT2D eigenvalue weighted by molar-refractivity contribution is 5.69. The van der Waals surface area contributed by atoms with Crippen LogP contribution in [0.4, 0.5) is 20.4 Å². The molecule has 0 atom stereocenters. The lowest BCUT2D eigenvalue weighted by Gasteiger charge is -2.14. The van der Waals surface area contributed by atoms with Crippen molar-refractivity contribution < 1.29 is 8.78 Å². The van der Waals surface area contributed by atoms with Gasteiger partial charge in [-0.1, -0.05) is 54.6 Å². The molecule has 32 heavy (non-hydrogen) atoms. The van der Waals surface area contributed by atoms with E-state index in [9.17, 15) is 8.78 Å². The van der Waals surface area contributed by atoms with Crippen molar-refractivity contribution in [3.63, 3.8) is 0 Å². The minimum atomic E-state index is -2.59. The Morgan fingerprint density at radius 3 is 2.53 bits per heavy atom. The minimum Gasteiger partial charge on any atom is -0.369 e. The minimum absolute atomic E-state index is 0.0680. The summed E-state index contributed by atoms with van der Waals surface area (Å²) in [5.74, 6) is 1.67. The fourth-order valence-electron chi connectivity index (χ4n) is 3.84. The van der Waals surface area contributed by atoms with Gasteiger partial charge in [0.05, 0.1) is 5.69 Å². The molecule has 0 spiro atoms. The van der Waals surface area contributed by atoms with E-state index in [2.05, 4.69) is 25.6 Å². The Hall–Kier alpha value is -3.87. The molecule has 5 rings (SSSR count). The van der Waals surface area contributed by atoms with Crippen LogP contribution < -0.4 is 10.6 Å². The van der Waals surface area contributed by atoms with Gasteiger partial charge in [0.2, 0.25) is 0 Å². The summed E-state index contributed by atoms with van der Waals surface area (Å²) in [5, 5.41) is 6.62. The van der Waals surface area contributed by atoms with E-state index in [0.29, 0.717) is 29.6 Å². The first-order chi connectivity index (χ1) is 15.7. The normalized spacial score (nSPS) is 12.5. The van der Waals surface area contributed by atoms with E-state index in [1.54, 1.807) is 24.4 Å². The van der Waals surface area contributed by atoms with E-state index in [-0.39, 0.29) is 5.56 Å². The van der Waals surface area contributed by atoms with E-state index in [4.69, 9.17) is 0 Å². The van der Waals surface area contributed by atoms with Crippen LogP contribution >= 0.6 is 0 Å². The number of hydrogen-bond acceptors (Lipinski definition) is 5. The van der Waals surface area contributed by atoms with Crippen molar-refractivity contribution in [3.05, 3.63) is 89.6 Å². The fraction of sp³-hybridized carbons (Fsp3) is 0.160. The summed E-state index contributed by atoms with van der Waals surface area (Å²) in [6.45, 7) is 1.30. The van der Waals surface area contributed by atoms with Crippen molar-refractivity contribution in [1.29, 1.82) is 0 Å². The average molecular weight is 429 g/mol. The van der Waals surface area contributed by atoms with Crippen LogP contribution in [0.5, 0.6) is 0 Å². The molecule has 1 aliphatic rings. The van der Waals surface area contributed by atoms with Crippen LogP contribution in [0, 0.1) is 0 Å². The standard InChI is InChI=1S/C25H21F2N5/c26-22(27)18-5-1-2-6-19(18)25-31-23-20(12-14-29-23)24(32-25)30-15-16-8-10-17(11-9-16)21-7-3-4-13-28-21/h1-11,13,22H,12,14-15H2,(H2,29,30,31,32). The number of alkyl halides is 2. The number of benzene rings is 2. The second kappa shape index (κ2) is 8.70. The summed E-state index contributed by atoms with van der Waals surface area (Å²) >= 11 is 0. The molecular weight excluding hydrogens is 408 g/mol. The van der Waals surface area contributed by atoms with Crippen LogP contribution in [-0.4, -0.2) is 21.5 Å². The van der Waals surface area contributed by atoms with Gasteiger partial charge >= 0.3 is 0 Å². The number of pyridine rings is 1. The summed E-state index contributed by atoms with van der Waals surface area (Å²) in [7, 11) is 0. The van der Waals surface area contributed by atoms with Crippen molar-refractivity contribution in [2.75, 3.05) is 17.2 Å². The maximum absolute atomic E-state index is 13.5. The number of nitrogens with one attached hydrogen (secondary N) is 2. The molecule has 0 amide bonds. The fourth-order valence-corrected chi connectivity index (χ4v) is 3.84. The quantitative estimate of drug-likeness (QED) is 0.410. The third-order valence-corrected chi connectivity index (χ3v) is 5.49. The lowest BCUT2D eigenvalue weighted by Crippen LogP contribution is -2.07. The van der Waals surface area contributed by atoms with Gasteiger partial charge in [-0.15, -0.1) is 0 Å². The van der Waals surface area contributed by atoms with Crippen molar-refractivity contribution in [2.45, 2.75) is 19.4 Å². The first-order valence-electron chi connectivity index (χ1n) is 10.5. The largest absolute Gasteiger partial charge is 0.369 e. The number of aromatic nitrogens is 3. The SMILES string of the molecule is FC(F)c1ccccc1-c1nc2c(c(NCc3ccc(-c4ccccn4)cc3)n1)CCN2. The van der Waals surface area contributed by atoms with Crippen molar-refractivity contribution in [2.24, 2.45) is 0 Å². The van der Waals surface area contributed by atoms with E-state index < -0.39 is 6.43 Å². The van der Waals surface area contributed by atoms with E-state index in [0.717, 1.165) is 35.3 Å². The van der Waals surface area contributed by atoms with Gasteiger partial charge in [-0.2, -0.15) is 0 Å². The van der Waals surface area contributed by atoms with Crippen molar-refractivity contribution in [3.8, 4) is 22.6 Å². The molecule has 0 saturated heterocycles. The molecule has 2 N–H and O–H groups in total. The van der Waals surface area contributed by atoms with Crippen LogP contribution in [-0.2, 0) is 13.0 Å². The number of fused-ring (bicyclic) bond motifs is 1. The van der Waals surface area contributed by atoms with Gasteiger partial charge in [0.25, 0.3) is 6.43 Å². The molecular formula is C25H21F2N5. The lowest BCUT2D eigenvalue weighted by molar-refractivity contribution is 0.152. The zero-order valence-electron chi connectivity index (χ0n) is 17.2. The zero-order chi connectivity index (χ0) is 21.9. The van der Waals surface area contributed by atoms with Crippen LogP contribution in [0.3, 0.4) is 0 Å². The van der Waals surface area contributed by atoms with Crippen molar-refractivity contribution in [1.82, 2.24) is 15.0 Å². The molecule has 0 aliphatic carbocycles. The third-order valence-electron chi connectivity index (χ3n) is 5.49. The van der Waals surface area contributed by atoms with Gasteiger partial charge < -0.3 is 10.6 Å². The van der Waals surface area contributed by atoms with Crippen LogP contribution in [0.15, 0.2) is 72.9 Å². The highest BCUT2D eigenvalue weighted by Crippen LogP contribution is 2.34. The molecule has 0 saturated carbocycles. The molecule has 5 nitrogen and oxygen atoms in total. The predicted octanol–water partition coefficient (Wildman–Crippen LogP) is 5.72. The van der Waals surface area contributed by atoms with Crippen LogP contribution in [0.1, 0.15) is 23.1 Å². The molecule has 2 aromatic heterocycles. The highest BCUT2D eigenvalue weighted by Gasteiger charge is 2.22. The Morgan fingerprint density at radius 2 is 1.75 bits per heavy atom. The summed E-state index contributed by atoms with van der Waals surface area (Å²) < 4.78 is 27.0. The second-order valence-electron chi connectivity index (χ2n) is 7.55. The van der Waals surface area contributed by atoms with Gasteiger partial charge in [0.1, 0.15) is 11.6 Å². The lowest BCUT2D eigenvalue weighted by atomic mass is 10.1. The first-order valence-corrected chi connectivity index (χ1v) is 10.5. The maximum atomic E-state index is 13.5. The molecule has 3 heterocycles. The molecule has 0 unspecified atom stereocenters. The number of hydrogen-bond donors (Lipinski definition) is 2. The zero-order valence-corrected chi connectivity index (χ0v) is 17.2. The highest BCUT2D eigenvalue weighted by atomic mass is 19.3. The average Bonchev–Trinajstić information content (AvgIpc) is 3.32. The summed E-state index contributed by atoms with van der Waals surface area (Å²) in [5.41, 5.74) is 4.32. The summed E-state index contributed by atoms with van der Waals surface area (Å²) in [4.78, 5) is 13.5. The van der Waals surface area contributed by atoms with Gasteiger partial charge in [-0.25, -0.2) is 18.7 Å². The second-order valence-corrected chi connectivity index (χ2v) is 7.55. The van der Waals surface area contributed by atoms with Gasteiger partial charge in [0, 0.05) is 41.5 Å². The predicted molar refractivity (Wildman–Crippen MR) is 122 cm³/mol. The Morgan fingerprint density at radius 1 is 0.938 bits per heavy atom. The number of rotatable bonds is 6. The Kier molecular flexibility index (Phi) is 5.46. The maximum Gasteiger partial charge on any atom is 0.264 e. The molecule has 1 aliphatic heterocycles. The van der Waals surface area contributed by atoms with Crippen molar-refractivity contribution >= 4 is 11.6 Å².